The fourth-order valence-corrected chi connectivity index (χ4v) is 6.10. The molecule has 3 aromatic heterocycles. The number of alkyl halides is 6. The fraction of sp³-hybridized carbons (Fsp3) is 0.242. The molecule has 0 spiro atoms. The molecule has 248 valence electrons. The van der Waals surface area contributed by atoms with Crippen LogP contribution >= 0.6 is 0 Å². The van der Waals surface area contributed by atoms with Crippen LogP contribution in [-0.2, 0) is 19.3 Å². The molecule has 6 aromatic rings. The summed E-state index contributed by atoms with van der Waals surface area (Å²) < 4.78 is 90.2. The first-order valence-corrected chi connectivity index (χ1v) is 15.0. The molecule has 1 saturated heterocycles. The summed E-state index contributed by atoms with van der Waals surface area (Å²) in [4.78, 5) is 15.6. The zero-order valence-electron chi connectivity index (χ0n) is 25.1. The topological polar surface area (TPSA) is 82.1 Å². The number of hydrogen-bond acceptors (Lipinski definition) is 6. The van der Waals surface area contributed by atoms with Gasteiger partial charge in [0.15, 0.2) is 5.52 Å². The molecular formula is C33H27F6N7O2. The predicted molar refractivity (Wildman–Crippen MR) is 167 cm³/mol. The second-order valence-electron chi connectivity index (χ2n) is 11.3. The van der Waals surface area contributed by atoms with Gasteiger partial charge in [0.25, 0.3) is 5.56 Å². The summed E-state index contributed by atoms with van der Waals surface area (Å²) in [6, 6.07) is 18.1. The van der Waals surface area contributed by atoms with Gasteiger partial charge in [0.2, 0.25) is 0 Å². The number of rotatable bonds is 7. The highest BCUT2D eigenvalue weighted by atomic mass is 19.4. The minimum atomic E-state index is -4.85. The third-order valence-corrected chi connectivity index (χ3v) is 8.32. The van der Waals surface area contributed by atoms with Crippen molar-refractivity contribution in [3.05, 3.63) is 101 Å². The maximum Gasteiger partial charge on any atom is 0.573 e. The Hall–Kier alpha value is -5.31. The molecule has 1 N–H and O–H groups in total. The van der Waals surface area contributed by atoms with Crippen molar-refractivity contribution in [2.45, 2.75) is 25.6 Å². The van der Waals surface area contributed by atoms with Gasteiger partial charge in [-0.2, -0.15) is 13.2 Å². The van der Waals surface area contributed by atoms with E-state index in [0.717, 1.165) is 6.07 Å². The van der Waals surface area contributed by atoms with Crippen LogP contribution < -0.4 is 20.5 Å². The van der Waals surface area contributed by atoms with Gasteiger partial charge >= 0.3 is 12.5 Å². The van der Waals surface area contributed by atoms with E-state index >= 15 is 0 Å². The van der Waals surface area contributed by atoms with E-state index in [2.05, 4.69) is 20.4 Å². The highest BCUT2D eigenvalue weighted by Gasteiger charge is 2.36. The average Bonchev–Trinajstić information content (AvgIpc) is 3.75. The number of halogens is 6. The second kappa shape index (κ2) is 12.0. The van der Waals surface area contributed by atoms with E-state index < -0.39 is 23.7 Å². The van der Waals surface area contributed by atoms with E-state index in [4.69, 9.17) is 0 Å². The Morgan fingerprint density at radius 3 is 2.23 bits per heavy atom. The normalized spacial score (nSPS) is 14.2. The molecule has 0 saturated carbocycles. The number of nitrogens with zero attached hydrogens (tertiary/aromatic N) is 6. The number of ether oxygens (including phenoxy) is 1. The lowest BCUT2D eigenvalue weighted by molar-refractivity contribution is -0.274. The van der Waals surface area contributed by atoms with E-state index in [-0.39, 0.29) is 34.7 Å². The van der Waals surface area contributed by atoms with Crippen LogP contribution in [0.2, 0.25) is 0 Å². The van der Waals surface area contributed by atoms with Crippen molar-refractivity contribution in [3.63, 3.8) is 0 Å². The van der Waals surface area contributed by atoms with Gasteiger partial charge in [-0.15, -0.1) is 18.3 Å². The molecule has 1 aliphatic heterocycles. The molecule has 0 unspecified atom stereocenters. The van der Waals surface area contributed by atoms with Crippen molar-refractivity contribution >= 4 is 27.6 Å². The molecule has 1 fully saturated rings. The van der Waals surface area contributed by atoms with Crippen LogP contribution in [0.15, 0.2) is 90.0 Å². The first kappa shape index (κ1) is 31.3. The zero-order chi connectivity index (χ0) is 33.6. The number of fused-ring (bicyclic) bond motifs is 3. The van der Waals surface area contributed by atoms with Gasteiger partial charge in [-0.25, -0.2) is 4.68 Å². The number of benzene rings is 3. The van der Waals surface area contributed by atoms with Crippen molar-refractivity contribution in [2.24, 2.45) is 0 Å². The van der Waals surface area contributed by atoms with Crippen molar-refractivity contribution in [1.29, 1.82) is 0 Å². The van der Waals surface area contributed by atoms with E-state index in [9.17, 15) is 31.1 Å². The average molecular weight is 668 g/mol. The summed E-state index contributed by atoms with van der Waals surface area (Å²) in [6.45, 7) is 2.63. The summed E-state index contributed by atoms with van der Waals surface area (Å²) in [5, 5.41) is 11.9. The third-order valence-electron chi connectivity index (χ3n) is 8.32. The van der Waals surface area contributed by atoms with Gasteiger partial charge in [0.05, 0.1) is 16.8 Å². The largest absolute Gasteiger partial charge is 0.573 e. The first-order valence-electron chi connectivity index (χ1n) is 15.0. The first-order chi connectivity index (χ1) is 23.0. The van der Waals surface area contributed by atoms with Gasteiger partial charge < -0.3 is 24.1 Å². The number of nitrogens with one attached hydrogen (secondary N) is 1. The zero-order valence-corrected chi connectivity index (χ0v) is 25.1. The summed E-state index contributed by atoms with van der Waals surface area (Å²) >= 11 is 0. The van der Waals surface area contributed by atoms with Crippen molar-refractivity contribution in [3.8, 4) is 22.6 Å². The molecule has 0 atom stereocenters. The maximum atomic E-state index is 14.5. The lowest BCUT2D eigenvalue weighted by Crippen LogP contribution is -2.44. The molecule has 0 aliphatic carbocycles. The van der Waals surface area contributed by atoms with Crippen LogP contribution in [0.25, 0.3) is 38.8 Å². The lowest BCUT2D eigenvalue weighted by atomic mass is 10.0. The summed E-state index contributed by atoms with van der Waals surface area (Å²) in [7, 11) is 0. The van der Waals surface area contributed by atoms with Crippen molar-refractivity contribution in [2.75, 3.05) is 31.1 Å². The van der Waals surface area contributed by atoms with Gasteiger partial charge in [-0.05, 0) is 65.7 Å². The molecule has 9 nitrogen and oxygen atoms in total. The minimum absolute atomic E-state index is 0.0409. The fourth-order valence-electron chi connectivity index (χ4n) is 6.10. The van der Waals surface area contributed by atoms with Gasteiger partial charge in [-0.1, -0.05) is 23.4 Å². The number of piperazine rings is 1. The molecule has 3 aromatic carbocycles. The van der Waals surface area contributed by atoms with Gasteiger partial charge in [0, 0.05) is 62.7 Å². The Morgan fingerprint density at radius 1 is 0.833 bits per heavy atom. The van der Waals surface area contributed by atoms with Crippen LogP contribution in [-0.4, -0.2) is 56.7 Å². The number of hydrogen-bond donors (Lipinski definition) is 1. The van der Waals surface area contributed by atoms with Crippen LogP contribution in [0.4, 0.5) is 32.0 Å². The lowest BCUT2D eigenvalue weighted by Gasteiger charge is -2.31. The summed E-state index contributed by atoms with van der Waals surface area (Å²) in [5.41, 5.74) is 0.581. The van der Waals surface area contributed by atoms with Crippen LogP contribution in [0.3, 0.4) is 0 Å². The number of aryl methyl sites for hydroxylation is 2. The quantitative estimate of drug-likeness (QED) is 0.204. The molecular weight excluding hydrogens is 640 g/mol. The number of anilines is 1. The van der Waals surface area contributed by atoms with Crippen LogP contribution in [0.1, 0.15) is 5.56 Å². The minimum Gasteiger partial charge on any atom is -0.406 e. The molecule has 0 bridgehead atoms. The highest BCUT2D eigenvalue weighted by Crippen LogP contribution is 2.39. The molecule has 4 heterocycles. The summed E-state index contributed by atoms with van der Waals surface area (Å²) in [6.07, 6.45) is -5.81. The Morgan fingerprint density at radius 2 is 1.54 bits per heavy atom. The number of pyridine rings is 1. The number of aromatic nitrogens is 5. The Balaban J connectivity index is 1.40. The molecule has 1 aliphatic rings. The predicted octanol–water partition coefficient (Wildman–Crippen LogP) is 6.23. The smallest absolute Gasteiger partial charge is 0.406 e. The van der Waals surface area contributed by atoms with Crippen molar-refractivity contribution in [1.82, 2.24) is 29.4 Å². The van der Waals surface area contributed by atoms with Gasteiger partial charge in [-0.3, -0.25) is 4.79 Å². The molecule has 0 radical (unpaired) electrons. The van der Waals surface area contributed by atoms with Crippen molar-refractivity contribution < 1.29 is 31.1 Å². The van der Waals surface area contributed by atoms with Gasteiger partial charge in [0.1, 0.15) is 11.3 Å². The van der Waals surface area contributed by atoms with E-state index in [1.807, 2.05) is 29.1 Å². The highest BCUT2D eigenvalue weighted by molar-refractivity contribution is 6.04. The van der Waals surface area contributed by atoms with E-state index in [0.29, 0.717) is 54.8 Å². The molecule has 0 amide bonds. The summed E-state index contributed by atoms with van der Waals surface area (Å²) in [5.74, 6) is -0.389. The third kappa shape index (κ3) is 6.08. The SMILES string of the molecule is O=c1c2nnn(-c3ccc(N4CCNCC4)c(C(F)(F)F)c3)c2c2cc(-c3ccc(OC(F)(F)F)cc3)ccc2n1CCn1cccc1. The Labute approximate surface area is 268 Å². The Bertz CT molecular complexity index is 2150. The van der Waals surface area contributed by atoms with Crippen LogP contribution in [0, 0.1) is 0 Å². The standard InChI is InChI=1S/C33H27F6N7O2/c34-32(35,36)26-20-23(6-10-28(26)44-15-11-40-12-16-44)46-30-25-19-22(21-3-7-24(8-4-21)48-33(37,38)39)5-9-27(25)45(31(47)29(30)41-42-46)18-17-43-13-1-2-14-43/h1-10,13-14,19-20,40H,11-12,15-18H2. The molecule has 15 heteroatoms. The van der Waals surface area contributed by atoms with E-state index in [1.165, 1.54) is 45.6 Å². The van der Waals surface area contributed by atoms with Crippen LogP contribution in [0.5, 0.6) is 5.75 Å². The monoisotopic (exact) mass is 667 g/mol. The molecule has 48 heavy (non-hydrogen) atoms. The molecule has 7 rings (SSSR count). The second-order valence-corrected chi connectivity index (χ2v) is 11.3. The van der Waals surface area contributed by atoms with E-state index in [1.54, 1.807) is 23.1 Å². The Kier molecular flexibility index (Phi) is 7.86. The maximum absolute atomic E-state index is 14.5.